The Labute approximate surface area is 284 Å². The van der Waals surface area contributed by atoms with Crippen molar-refractivity contribution in [1.82, 2.24) is 20.5 Å². The largest absolute Gasteiger partial charge is 0.467 e. The molecule has 0 radical (unpaired) electrons. The average molecular weight is 668 g/mol. The molecule has 0 saturated carbocycles. The number of benzene rings is 3. The van der Waals surface area contributed by atoms with Gasteiger partial charge in [-0.1, -0.05) is 66.7 Å². The average Bonchev–Trinajstić information content (AvgIpc) is 3.48. The normalized spacial score (nSPS) is 16.2. The number of alkyl carbamates (subject to hydrolysis) is 1. The van der Waals surface area contributed by atoms with Gasteiger partial charge in [-0.05, 0) is 50.1 Å². The van der Waals surface area contributed by atoms with Crippen molar-refractivity contribution < 1.29 is 33.4 Å². The van der Waals surface area contributed by atoms with E-state index in [2.05, 4.69) is 15.6 Å². The molecule has 256 valence electrons. The summed E-state index contributed by atoms with van der Waals surface area (Å²) in [7, 11) is 1.24. The number of carbonyl (C=O) groups excluding carboxylic acids is 5. The van der Waals surface area contributed by atoms with Crippen molar-refractivity contribution in [2.75, 3.05) is 18.6 Å². The molecular formula is C37H41N5O7. The predicted molar refractivity (Wildman–Crippen MR) is 184 cm³/mol. The lowest BCUT2D eigenvalue weighted by molar-refractivity contribution is -0.147. The number of hydrogen-bond acceptors (Lipinski definition) is 7. The second-order valence-corrected chi connectivity index (χ2v) is 12.8. The Kier molecular flexibility index (Phi) is 10.7. The second-order valence-electron chi connectivity index (χ2n) is 12.8. The Hall–Kier alpha value is -5.65. The molecule has 0 aliphatic carbocycles. The fourth-order valence-corrected chi connectivity index (χ4v) is 5.95. The number of ether oxygens (including phenoxy) is 2. The van der Waals surface area contributed by atoms with E-state index in [1.807, 2.05) is 54.6 Å². The number of esters is 1. The lowest BCUT2D eigenvalue weighted by atomic mass is 9.99. The summed E-state index contributed by atoms with van der Waals surface area (Å²) in [6, 6.07) is 21.4. The molecule has 4 aromatic rings. The smallest absolute Gasteiger partial charge is 0.408 e. The molecule has 1 aromatic heterocycles. The Morgan fingerprint density at radius 3 is 2.24 bits per heavy atom. The van der Waals surface area contributed by atoms with Crippen molar-refractivity contribution in [2.45, 2.75) is 63.8 Å². The zero-order valence-corrected chi connectivity index (χ0v) is 28.0. The number of fused-ring (bicyclic) bond motifs is 1. The van der Waals surface area contributed by atoms with Crippen LogP contribution < -0.4 is 15.5 Å². The van der Waals surface area contributed by atoms with Gasteiger partial charge in [-0.2, -0.15) is 0 Å². The number of carbonyl (C=O) groups is 5. The number of rotatable bonds is 11. The van der Waals surface area contributed by atoms with E-state index < -0.39 is 53.6 Å². The molecule has 0 unspecified atom stereocenters. The number of anilines is 1. The number of aromatic amines is 1. The molecule has 3 N–H and O–H groups in total. The molecule has 1 saturated heterocycles. The van der Waals surface area contributed by atoms with E-state index in [9.17, 15) is 24.0 Å². The zero-order valence-electron chi connectivity index (χ0n) is 28.0. The summed E-state index contributed by atoms with van der Waals surface area (Å²) in [6.45, 7) is 4.98. The van der Waals surface area contributed by atoms with Crippen LogP contribution in [0, 0.1) is 0 Å². The summed E-state index contributed by atoms with van der Waals surface area (Å²) in [5, 5.41) is 6.43. The lowest BCUT2D eigenvalue weighted by Crippen LogP contribution is -2.65. The maximum Gasteiger partial charge on any atom is 0.408 e. The number of imide groups is 1. The van der Waals surface area contributed by atoms with Gasteiger partial charge in [0.05, 0.1) is 18.8 Å². The predicted octanol–water partition coefficient (Wildman–Crippen LogP) is 4.73. The second kappa shape index (κ2) is 15.1. The number of methoxy groups -OCH3 is 1. The molecule has 5 rings (SSSR count). The monoisotopic (exact) mass is 667 g/mol. The highest BCUT2D eigenvalue weighted by atomic mass is 16.6. The van der Waals surface area contributed by atoms with E-state index in [-0.39, 0.29) is 25.8 Å². The van der Waals surface area contributed by atoms with Gasteiger partial charge < -0.3 is 30.0 Å². The molecule has 1 fully saturated rings. The summed E-state index contributed by atoms with van der Waals surface area (Å²) >= 11 is 0. The number of nitrogens with one attached hydrogen (secondary N) is 3. The van der Waals surface area contributed by atoms with Crippen molar-refractivity contribution >= 4 is 46.5 Å². The number of H-pyrrole nitrogens is 1. The molecule has 12 heteroatoms. The van der Waals surface area contributed by atoms with Crippen LogP contribution in [0.5, 0.6) is 0 Å². The first-order valence-electron chi connectivity index (χ1n) is 16.1. The van der Waals surface area contributed by atoms with Gasteiger partial charge in [0.15, 0.2) is 0 Å². The van der Waals surface area contributed by atoms with Crippen molar-refractivity contribution in [3.63, 3.8) is 0 Å². The number of para-hydroxylation sites is 2. The van der Waals surface area contributed by atoms with E-state index in [0.29, 0.717) is 5.69 Å². The van der Waals surface area contributed by atoms with Gasteiger partial charge in [-0.3, -0.25) is 9.59 Å². The minimum atomic E-state index is -1.11. The number of nitrogens with zero attached hydrogens (tertiary/aromatic N) is 2. The van der Waals surface area contributed by atoms with Crippen molar-refractivity contribution in [3.05, 3.63) is 102 Å². The van der Waals surface area contributed by atoms with Gasteiger partial charge in [0.1, 0.15) is 17.7 Å². The van der Waals surface area contributed by atoms with Crippen LogP contribution in [-0.4, -0.2) is 77.2 Å². The Balaban J connectivity index is 1.43. The van der Waals surface area contributed by atoms with Gasteiger partial charge in [0, 0.05) is 42.9 Å². The van der Waals surface area contributed by atoms with Crippen molar-refractivity contribution in [3.8, 4) is 0 Å². The molecule has 3 atom stereocenters. The minimum absolute atomic E-state index is 0.115. The van der Waals surface area contributed by atoms with Crippen molar-refractivity contribution in [1.29, 1.82) is 0 Å². The summed E-state index contributed by atoms with van der Waals surface area (Å²) < 4.78 is 10.6. The quantitative estimate of drug-likeness (QED) is 0.196. The zero-order chi connectivity index (χ0) is 35.1. The van der Waals surface area contributed by atoms with E-state index in [0.717, 1.165) is 26.9 Å². The van der Waals surface area contributed by atoms with E-state index in [1.54, 1.807) is 57.3 Å². The third-order valence-corrected chi connectivity index (χ3v) is 8.18. The molecule has 49 heavy (non-hydrogen) atoms. The van der Waals surface area contributed by atoms with Crippen LogP contribution in [0.15, 0.2) is 91.1 Å². The maximum atomic E-state index is 14.2. The molecule has 5 amide bonds. The first-order valence-corrected chi connectivity index (χ1v) is 16.1. The van der Waals surface area contributed by atoms with Crippen molar-refractivity contribution in [2.24, 2.45) is 0 Å². The van der Waals surface area contributed by atoms with Gasteiger partial charge in [-0.15, -0.1) is 0 Å². The van der Waals surface area contributed by atoms with Crippen LogP contribution in [0.1, 0.15) is 38.3 Å². The Morgan fingerprint density at radius 1 is 0.918 bits per heavy atom. The molecular weight excluding hydrogens is 626 g/mol. The molecule has 2 heterocycles. The topological polar surface area (TPSA) is 150 Å². The number of aromatic nitrogens is 1. The fourth-order valence-electron chi connectivity index (χ4n) is 5.95. The van der Waals surface area contributed by atoms with Crippen LogP contribution in [0.25, 0.3) is 10.9 Å². The molecule has 0 spiro atoms. The van der Waals surface area contributed by atoms with Crippen LogP contribution in [-0.2, 0) is 36.7 Å². The molecule has 0 bridgehead atoms. The fraction of sp³-hybridized carbons (Fsp3) is 0.324. The minimum Gasteiger partial charge on any atom is -0.467 e. The Morgan fingerprint density at radius 2 is 1.57 bits per heavy atom. The Bertz CT molecular complexity index is 1800. The first kappa shape index (κ1) is 34.7. The van der Waals surface area contributed by atoms with Gasteiger partial charge >= 0.3 is 18.1 Å². The third-order valence-electron chi connectivity index (χ3n) is 8.18. The van der Waals surface area contributed by atoms with E-state index in [4.69, 9.17) is 9.47 Å². The summed E-state index contributed by atoms with van der Waals surface area (Å²) in [5.74, 6) is -1.71. The SMILES string of the molecule is COC(=O)[C@@H](Cc1ccccc1)N1C(=O)N(c2ccccc2)C(=O)C[C@@H]1CNC(=O)[C@H](Cc1c[nH]c2ccccc12)NC(=O)OC(C)(C)C. The molecule has 3 aromatic carbocycles. The first-order chi connectivity index (χ1) is 23.4. The van der Waals surface area contributed by atoms with E-state index in [1.165, 1.54) is 12.0 Å². The summed E-state index contributed by atoms with van der Waals surface area (Å²) in [6.07, 6.45) is 1.07. The highest BCUT2D eigenvalue weighted by molar-refractivity contribution is 6.16. The standard InChI is InChI=1S/C37H41N5O7/c1-37(2,3)49-35(46)40-30(20-25-22-38-29-18-12-11-17-28(25)29)33(44)39-23-27-21-32(43)42(26-15-9-6-10-16-26)36(47)41(27)31(34(45)48-4)19-24-13-7-5-8-14-24/h5-18,22,27,30-31,38H,19-21,23H2,1-4H3,(H,39,44)(H,40,46)/t27-,30+,31-/m1/s1. The van der Waals surface area contributed by atoms with Gasteiger partial charge in [0.2, 0.25) is 11.8 Å². The summed E-state index contributed by atoms with van der Waals surface area (Å²) in [5.41, 5.74) is 2.00. The maximum absolute atomic E-state index is 14.2. The molecule has 1 aliphatic heterocycles. The highest BCUT2D eigenvalue weighted by Gasteiger charge is 2.45. The number of urea groups is 1. The van der Waals surface area contributed by atoms with Crippen LogP contribution >= 0.6 is 0 Å². The van der Waals surface area contributed by atoms with Crippen LogP contribution in [0.4, 0.5) is 15.3 Å². The van der Waals surface area contributed by atoms with E-state index >= 15 is 0 Å². The number of hydrogen-bond donors (Lipinski definition) is 3. The third kappa shape index (κ3) is 8.45. The molecule has 1 aliphatic rings. The van der Waals surface area contributed by atoms with Crippen LogP contribution in [0.3, 0.4) is 0 Å². The summed E-state index contributed by atoms with van der Waals surface area (Å²) in [4.78, 5) is 73.4. The lowest BCUT2D eigenvalue weighted by Gasteiger charge is -2.43. The van der Waals surface area contributed by atoms with Gasteiger partial charge in [0.25, 0.3) is 0 Å². The highest BCUT2D eigenvalue weighted by Crippen LogP contribution is 2.28. The number of amides is 5. The van der Waals surface area contributed by atoms with Gasteiger partial charge in [-0.25, -0.2) is 19.3 Å². The van der Waals surface area contributed by atoms with Crippen LogP contribution in [0.2, 0.25) is 0 Å². The molecule has 12 nitrogen and oxygen atoms in total.